The van der Waals surface area contributed by atoms with Crippen molar-refractivity contribution in [2.75, 3.05) is 11.1 Å². The van der Waals surface area contributed by atoms with Gasteiger partial charge in [0, 0.05) is 11.7 Å². The largest absolute Gasteiger partial charge is 0.398 e. The lowest BCUT2D eigenvalue weighted by Gasteiger charge is -2.16. The van der Waals surface area contributed by atoms with Gasteiger partial charge in [-0.15, -0.1) is 0 Å². The summed E-state index contributed by atoms with van der Waals surface area (Å²) in [4.78, 5) is 23.0. The number of amides is 2. The molecular weight excluding hydrogens is 263 g/mol. The highest BCUT2D eigenvalue weighted by atomic mass is 19.1. The van der Waals surface area contributed by atoms with E-state index in [1.54, 1.807) is 6.92 Å². The molecule has 1 aliphatic rings. The second-order valence-corrected chi connectivity index (χ2v) is 4.93. The van der Waals surface area contributed by atoms with Gasteiger partial charge in [0.2, 0.25) is 5.91 Å². The third-order valence-electron chi connectivity index (χ3n) is 3.09. The van der Waals surface area contributed by atoms with Gasteiger partial charge < -0.3 is 22.1 Å². The van der Waals surface area contributed by atoms with Crippen LogP contribution in [0.1, 0.15) is 30.1 Å². The molecule has 1 unspecified atom stereocenters. The van der Waals surface area contributed by atoms with Gasteiger partial charge in [0.15, 0.2) is 0 Å². The van der Waals surface area contributed by atoms with E-state index in [9.17, 15) is 14.0 Å². The molecule has 0 aromatic heterocycles. The average Bonchev–Trinajstić information content (AvgIpc) is 3.15. The molecule has 20 heavy (non-hydrogen) atoms. The molecule has 0 saturated heterocycles. The van der Waals surface area contributed by atoms with Crippen molar-refractivity contribution in [3.63, 3.8) is 0 Å². The average molecular weight is 280 g/mol. The first-order valence-corrected chi connectivity index (χ1v) is 6.34. The fraction of sp³-hybridized carbons (Fsp3) is 0.385. The van der Waals surface area contributed by atoms with Gasteiger partial charge in [-0.05, 0) is 31.9 Å². The van der Waals surface area contributed by atoms with E-state index in [0.29, 0.717) is 0 Å². The van der Waals surface area contributed by atoms with Crippen LogP contribution in [0.5, 0.6) is 0 Å². The number of rotatable bonds is 5. The van der Waals surface area contributed by atoms with Crippen molar-refractivity contribution in [3.05, 3.63) is 23.5 Å². The van der Waals surface area contributed by atoms with Crippen molar-refractivity contribution in [2.24, 2.45) is 5.73 Å². The number of benzene rings is 1. The summed E-state index contributed by atoms with van der Waals surface area (Å²) >= 11 is 0. The second kappa shape index (κ2) is 5.36. The number of carbonyl (C=O) groups excluding carboxylic acids is 2. The standard InChI is InChI=1S/C13H17FN4O2/c1-6(13(20)18-7-2-3-7)17-11-4-8(12(16)19)10(15)5-9(11)14/h4-7,17H,2-3,15H2,1H3,(H2,16,19)(H,18,20). The molecule has 1 aromatic carbocycles. The lowest BCUT2D eigenvalue weighted by atomic mass is 10.1. The Morgan fingerprint density at radius 3 is 2.60 bits per heavy atom. The maximum absolute atomic E-state index is 13.8. The number of primary amides is 1. The Bertz CT molecular complexity index is 558. The Labute approximate surface area is 115 Å². The molecule has 0 bridgehead atoms. The van der Waals surface area contributed by atoms with Gasteiger partial charge in [-0.3, -0.25) is 9.59 Å². The van der Waals surface area contributed by atoms with E-state index in [0.717, 1.165) is 18.9 Å². The number of anilines is 2. The van der Waals surface area contributed by atoms with Crippen molar-refractivity contribution in [2.45, 2.75) is 31.8 Å². The van der Waals surface area contributed by atoms with Gasteiger partial charge in [0.25, 0.3) is 5.91 Å². The molecule has 1 atom stereocenters. The molecule has 1 saturated carbocycles. The second-order valence-electron chi connectivity index (χ2n) is 4.93. The van der Waals surface area contributed by atoms with Crippen molar-refractivity contribution < 1.29 is 14.0 Å². The first-order chi connectivity index (χ1) is 9.38. The normalized spacial score (nSPS) is 15.5. The van der Waals surface area contributed by atoms with Crippen LogP contribution in [0.3, 0.4) is 0 Å². The number of nitrogens with one attached hydrogen (secondary N) is 2. The van der Waals surface area contributed by atoms with Crippen molar-refractivity contribution in [1.82, 2.24) is 5.32 Å². The molecular formula is C13H17FN4O2. The zero-order valence-electron chi connectivity index (χ0n) is 11.1. The first kappa shape index (κ1) is 14.1. The summed E-state index contributed by atoms with van der Waals surface area (Å²) in [6.45, 7) is 1.61. The Morgan fingerprint density at radius 2 is 2.05 bits per heavy atom. The van der Waals surface area contributed by atoms with E-state index in [2.05, 4.69) is 10.6 Å². The monoisotopic (exact) mass is 280 g/mol. The Kier molecular flexibility index (Phi) is 3.78. The SMILES string of the molecule is CC(Nc1cc(C(N)=O)c(N)cc1F)C(=O)NC1CC1. The van der Waals surface area contributed by atoms with Crippen LogP contribution in [0.2, 0.25) is 0 Å². The Morgan fingerprint density at radius 1 is 1.40 bits per heavy atom. The topological polar surface area (TPSA) is 110 Å². The zero-order valence-corrected chi connectivity index (χ0v) is 11.1. The van der Waals surface area contributed by atoms with Crippen molar-refractivity contribution in [3.8, 4) is 0 Å². The summed E-state index contributed by atoms with van der Waals surface area (Å²) in [6.07, 6.45) is 1.95. The number of hydrogen-bond acceptors (Lipinski definition) is 4. The van der Waals surface area contributed by atoms with Crippen LogP contribution >= 0.6 is 0 Å². The number of carbonyl (C=O) groups is 2. The molecule has 1 aromatic rings. The minimum Gasteiger partial charge on any atom is -0.398 e. The molecule has 6 nitrogen and oxygen atoms in total. The fourth-order valence-electron chi connectivity index (χ4n) is 1.77. The predicted molar refractivity (Wildman–Crippen MR) is 73.6 cm³/mol. The van der Waals surface area contributed by atoms with Gasteiger partial charge >= 0.3 is 0 Å². The van der Waals surface area contributed by atoms with E-state index in [4.69, 9.17) is 11.5 Å². The van der Waals surface area contributed by atoms with Gasteiger partial charge in [-0.1, -0.05) is 0 Å². The van der Waals surface area contributed by atoms with E-state index < -0.39 is 17.8 Å². The third kappa shape index (κ3) is 3.17. The highest BCUT2D eigenvalue weighted by Crippen LogP contribution is 2.23. The maximum atomic E-state index is 13.8. The highest BCUT2D eigenvalue weighted by molar-refractivity contribution is 5.99. The molecule has 0 heterocycles. The summed E-state index contributed by atoms with van der Waals surface area (Å²) in [7, 11) is 0. The van der Waals surface area contributed by atoms with Crippen molar-refractivity contribution >= 4 is 23.2 Å². The van der Waals surface area contributed by atoms with Crippen LogP contribution in [0.15, 0.2) is 12.1 Å². The molecule has 1 fully saturated rings. The first-order valence-electron chi connectivity index (χ1n) is 6.34. The van der Waals surface area contributed by atoms with Crippen molar-refractivity contribution in [1.29, 1.82) is 0 Å². The molecule has 0 spiro atoms. The number of nitrogens with two attached hydrogens (primary N) is 2. The number of nitrogen functional groups attached to an aromatic ring is 1. The summed E-state index contributed by atoms with van der Waals surface area (Å²) in [6, 6.07) is 1.82. The minimum atomic E-state index is -0.749. The zero-order chi connectivity index (χ0) is 14.9. The van der Waals surface area contributed by atoms with Crippen LogP contribution in [-0.4, -0.2) is 23.9 Å². The Hall–Kier alpha value is -2.31. The van der Waals surface area contributed by atoms with Crippen LogP contribution in [-0.2, 0) is 4.79 Å². The minimum absolute atomic E-state index is 0.0173. The maximum Gasteiger partial charge on any atom is 0.250 e. The molecule has 0 radical (unpaired) electrons. The highest BCUT2D eigenvalue weighted by Gasteiger charge is 2.26. The summed E-state index contributed by atoms with van der Waals surface area (Å²) in [5, 5.41) is 5.52. The van der Waals surface area contributed by atoms with Crippen LogP contribution < -0.4 is 22.1 Å². The third-order valence-corrected chi connectivity index (χ3v) is 3.09. The van der Waals surface area contributed by atoms with E-state index in [1.807, 2.05) is 0 Å². The van der Waals surface area contributed by atoms with Gasteiger partial charge in [-0.2, -0.15) is 0 Å². The van der Waals surface area contributed by atoms with E-state index in [-0.39, 0.29) is 28.9 Å². The fourth-order valence-corrected chi connectivity index (χ4v) is 1.77. The van der Waals surface area contributed by atoms with Gasteiger partial charge in [-0.25, -0.2) is 4.39 Å². The quantitative estimate of drug-likeness (QED) is 0.591. The van der Waals surface area contributed by atoms with E-state index >= 15 is 0 Å². The lowest BCUT2D eigenvalue weighted by Crippen LogP contribution is -2.38. The van der Waals surface area contributed by atoms with E-state index in [1.165, 1.54) is 6.07 Å². The smallest absolute Gasteiger partial charge is 0.250 e. The summed E-state index contributed by atoms with van der Waals surface area (Å²) in [5.74, 6) is -1.61. The van der Waals surface area contributed by atoms with Gasteiger partial charge in [0.1, 0.15) is 11.9 Å². The van der Waals surface area contributed by atoms with Gasteiger partial charge in [0.05, 0.1) is 11.3 Å². The summed E-state index contributed by atoms with van der Waals surface area (Å²) in [5.41, 5.74) is 10.7. The van der Waals surface area contributed by atoms with Crippen LogP contribution in [0.4, 0.5) is 15.8 Å². The number of hydrogen-bond donors (Lipinski definition) is 4. The summed E-state index contributed by atoms with van der Waals surface area (Å²) < 4.78 is 13.8. The molecule has 2 amide bonds. The van der Waals surface area contributed by atoms with Crippen LogP contribution in [0.25, 0.3) is 0 Å². The van der Waals surface area contributed by atoms with Crippen LogP contribution in [0, 0.1) is 5.82 Å². The Balaban J connectivity index is 2.13. The molecule has 108 valence electrons. The molecule has 1 aliphatic carbocycles. The lowest BCUT2D eigenvalue weighted by molar-refractivity contribution is -0.121. The molecule has 2 rings (SSSR count). The predicted octanol–water partition coefficient (Wildman–Crippen LogP) is 0.586. The number of halogens is 1. The molecule has 0 aliphatic heterocycles. The molecule has 6 N–H and O–H groups in total. The molecule has 7 heteroatoms.